The summed E-state index contributed by atoms with van der Waals surface area (Å²) < 4.78 is 26.9. The van der Waals surface area contributed by atoms with E-state index in [1.54, 1.807) is 0 Å². The van der Waals surface area contributed by atoms with E-state index >= 15 is 0 Å². The van der Waals surface area contributed by atoms with Crippen molar-refractivity contribution >= 4 is 46.4 Å². The molecule has 0 bridgehead atoms. The molecule has 0 radical (unpaired) electrons. The van der Waals surface area contributed by atoms with Crippen molar-refractivity contribution in [3.8, 4) is 0 Å². The minimum Gasteiger partial charge on any atom is -0.322 e. The van der Waals surface area contributed by atoms with Gasteiger partial charge in [0, 0.05) is 12.1 Å². The van der Waals surface area contributed by atoms with E-state index in [9.17, 15) is 8.78 Å². The number of hydrogen-bond donors (Lipinski definition) is 2. The third-order valence-electron chi connectivity index (χ3n) is 3.17. The molecule has 0 aliphatic heterocycles. The highest BCUT2D eigenvalue weighted by molar-refractivity contribution is 6.35. The lowest BCUT2D eigenvalue weighted by atomic mass is 9.95. The van der Waals surface area contributed by atoms with Gasteiger partial charge in [0.2, 0.25) is 0 Å². The van der Waals surface area contributed by atoms with Crippen molar-refractivity contribution in [2.75, 3.05) is 0 Å². The van der Waals surface area contributed by atoms with Gasteiger partial charge in [0.1, 0.15) is 0 Å². The van der Waals surface area contributed by atoms with Crippen molar-refractivity contribution in [2.45, 2.75) is 12.1 Å². The van der Waals surface area contributed by atoms with E-state index in [4.69, 9.17) is 57.9 Å². The molecule has 0 fully saturated rings. The predicted octanol–water partition coefficient (Wildman–Crippen LogP) is 5.28. The highest BCUT2D eigenvalue weighted by Gasteiger charge is 2.22. The average molecular weight is 386 g/mol. The number of rotatable bonds is 3. The van der Waals surface area contributed by atoms with Gasteiger partial charge in [0.25, 0.3) is 0 Å². The zero-order valence-corrected chi connectivity index (χ0v) is 13.9. The van der Waals surface area contributed by atoms with Crippen LogP contribution < -0.4 is 11.5 Å². The van der Waals surface area contributed by atoms with Crippen LogP contribution in [0.4, 0.5) is 8.78 Å². The molecular weight excluding hydrogens is 376 g/mol. The van der Waals surface area contributed by atoms with E-state index < -0.39 is 23.7 Å². The Morgan fingerprint density at radius 3 is 1.09 bits per heavy atom. The van der Waals surface area contributed by atoms with Gasteiger partial charge in [0.05, 0.1) is 20.1 Å². The third-order valence-corrected chi connectivity index (χ3v) is 4.27. The lowest BCUT2D eigenvalue weighted by Gasteiger charge is -2.22. The van der Waals surface area contributed by atoms with Gasteiger partial charge in [-0.25, -0.2) is 8.78 Å². The maximum absolute atomic E-state index is 13.4. The Bertz CT molecular complexity index is 616. The summed E-state index contributed by atoms with van der Waals surface area (Å²) in [5, 5.41) is -0.665. The second kappa shape index (κ2) is 6.87. The molecule has 2 unspecified atom stereocenters. The average Bonchev–Trinajstić information content (AvgIpc) is 2.47. The second-order valence-electron chi connectivity index (χ2n) is 4.65. The van der Waals surface area contributed by atoms with Crippen LogP contribution in [-0.4, -0.2) is 0 Å². The normalized spacial score (nSPS) is 14.0. The number of halogens is 6. The summed E-state index contributed by atoms with van der Waals surface area (Å²) in [4.78, 5) is 0. The molecule has 22 heavy (non-hydrogen) atoms. The van der Waals surface area contributed by atoms with Crippen molar-refractivity contribution in [1.29, 1.82) is 0 Å². The quantitative estimate of drug-likeness (QED) is 0.706. The van der Waals surface area contributed by atoms with Crippen molar-refractivity contribution in [3.05, 3.63) is 67.1 Å². The molecule has 0 aromatic heterocycles. The van der Waals surface area contributed by atoms with Gasteiger partial charge < -0.3 is 11.5 Å². The van der Waals surface area contributed by atoms with E-state index in [-0.39, 0.29) is 20.1 Å². The van der Waals surface area contributed by atoms with Crippen LogP contribution in [0.5, 0.6) is 0 Å². The first kappa shape index (κ1) is 17.7. The molecular formula is C14H10Cl4F2N2. The van der Waals surface area contributed by atoms with E-state index in [0.29, 0.717) is 11.1 Å². The minimum atomic E-state index is -0.770. The fourth-order valence-corrected chi connectivity index (χ4v) is 2.96. The Labute approximate surface area is 145 Å². The summed E-state index contributed by atoms with van der Waals surface area (Å²) >= 11 is 22.9. The van der Waals surface area contributed by atoms with E-state index in [2.05, 4.69) is 0 Å². The Morgan fingerprint density at radius 1 is 0.636 bits per heavy atom. The van der Waals surface area contributed by atoms with E-state index in [1.807, 2.05) is 0 Å². The molecule has 4 N–H and O–H groups in total. The summed E-state index contributed by atoms with van der Waals surface area (Å²) in [6.45, 7) is 0. The fraction of sp³-hybridized carbons (Fsp3) is 0.143. The number of benzene rings is 2. The smallest absolute Gasteiger partial charge is 0.160 e. The van der Waals surface area contributed by atoms with Gasteiger partial charge in [-0.05, 0) is 35.4 Å². The Hall–Kier alpha value is -0.620. The molecule has 0 aliphatic rings. The first-order valence-corrected chi connectivity index (χ1v) is 7.53. The summed E-state index contributed by atoms with van der Waals surface area (Å²) in [5.74, 6) is -1.47. The maximum Gasteiger partial charge on any atom is 0.160 e. The van der Waals surface area contributed by atoms with Crippen LogP contribution in [0.3, 0.4) is 0 Å². The third kappa shape index (κ3) is 3.48. The molecule has 0 saturated heterocycles. The summed E-state index contributed by atoms with van der Waals surface area (Å²) in [7, 11) is 0. The fourth-order valence-electron chi connectivity index (χ4n) is 1.95. The van der Waals surface area contributed by atoms with E-state index in [0.717, 1.165) is 0 Å². The SMILES string of the molecule is NC(c1cc(Cl)c(F)c(Cl)c1)C(N)c1cc(Cl)c(F)c(Cl)c1. The second-order valence-corrected chi connectivity index (χ2v) is 6.28. The highest BCUT2D eigenvalue weighted by atomic mass is 35.5. The molecule has 2 rings (SSSR count). The maximum atomic E-state index is 13.4. The standard InChI is InChI=1S/C14H10Cl4F2N2/c15-7-1-5(2-8(16)11(7)19)13(21)14(22)6-3-9(17)12(20)10(18)4-6/h1-4,13-14H,21-22H2. The zero-order valence-electron chi connectivity index (χ0n) is 10.9. The molecule has 0 spiro atoms. The van der Waals surface area contributed by atoms with Gasteiger partial charge in [-0.3, -0.25) is 0 Å². The van der Waals surface area contributed by atoms with Crippen LogP contribution >= 0.6 is 46.4 Å². The zero-order chi connectivity index (χ0) is 16.6. The number of hydrogen-bond acceptors (Lipinski definition) is 2. The Balaban J connectivity index is 2.39. The van der Waals surface area contributed by atoms with Gasteiger partial charge in [-0.2, -0.15) is 0 Å². The predicted molar refractivity (Wildman–Crippen MR) is 86.7 cm³/mol. The van der Waals surface area contributed by atoms with Crippen LogP contribution in [0.2, 0.25) is 20.1 Å². The van der Waals surface area contributed by atoms with Crippen molar-refractivity contribution in [2.24, 2.45) is 11.5 Å². The molecule has 0 heterocycles. The molecule has 2 aromatic rings. The van der Waals surface area contributed by atoms with Crippen molar-refractivity contribution < 1.29 is 8.78 Å². The van der Waals surface area contributed by atoms with Gasteiger partial charge >= 0.3 is 0 Å². The molecule has 0 saturated carbocycles. The topological polar surface area (TPSA) is 52.0 Å². The molecule has 8 heteroatoms. The van der Waals surface area contributed by atoms with Gasteiger partial charge in [-0.1, -0.05) is 46.4 Å². The Morgan fingerprint density at radius 2 is 0.864 bits per heavy atom. The first-order valence-electron chi connectivity index (χ1n) is 6.02. The van der Waals surface area contributed by atoms with Crippen molar-refractivity contribution in [1.82, 2.24) is 0 Å². The van der Waals surface area contributed by atoms with Crippen molar-refractivity contribution in [3.63, 3.8) is 0 Å². The molecule has 0 amide bonds. The van der Waals surface area contributed by atoms with Crippen LogP contribution in [0.25, 0.3) is 0 Å². The van der Waals surface area contributed by atoms with Crippen LogP contribution in [0.15, 0.2) is 24.3 Å². The summed E-state index contributed by atoms with van der Waals surface area (Å²) in [6, 6.07) is 3.79. The molecule has 2 atom stereocenters. The van der Waals surface area contributed by atoms with Crippen LogP contribution in [-0.2, 0) is 0 Å². The lowest BCUT2D eigenvalue weighted by molar-refractivity contribution is 0.567. The molecule has 0 aliphatic carbocycles. The lowest BCUT2D eigenvalue weighted by Crippen LogP contribution is -2.26. The monoisotopic (exact) mass is 384 g/mol. The summed E-state index contributed by atoms with van der Waals surface area (Å²) in [5.41, 5.74) is 13.0. The van der Waals surface area contributed by atoms with Gasteiger partial charge in [0.15, 0.2) is 11.6 Å². The Kier molecular flexibility index (Phi) is 5.54. The largest absolute Gasteiger partial charge is 0.322 e. The molecule has 2 aromatic carbocycles. The summed E-state index contributed by atoms with van der Waals surface area (Å²) in [6.07, 6.45) is 0. The van der Waals surface area contributed by atoms with Crippen LogP contribution in [0, 0.1) is 11.6 Å². The van der Waals surface area contributed by atoms with Gasteiger partial charge in [-0.15, -0.1) is 0 Å². The van der Waals surface area contributed by atoms with Crippen LogP contribution in [0.1, 0.15) is 23.2 Å². The molecule has 118 valence electrons. The highest BCUT2D eigenvalue weighted by Crippen LogP contribution is 2.34. The first-order chi connectivity index (χ1) is 10.2. The molecule has 2 nitrogen and oxygen atoms in total. The minimum absolute atomic E-state index is 0.166. The van der Waals surface area contributed by atoms with E-state index in [1.165, 1.54) is 24.3 Å². The number of nitrogens with two attached hydrogens (primary N) is 2.